The molecule has 1 spiro atoms. The van der Waals surface area contributed by atoms with Gasteiger partial charge in [0, 0.05) is 25.7 Å². The van der Waals surface area contributed by atoms with Crippen molar-refractivity contribution < 1.29 is 14.3 Å². The zero-order chi connectivity index (χ0) is 27.9. The predicted molar refractivity (Wildman–Crippen MR) is 151 cm³/mol. The van der Waals surface area contributed by atoms with E-state index >= 15 is 0 Å². The number of hydrogen-bond donors (Lipinski definition) is 0. The van der Waals surface area contributed by atoms with E-state index in [2.05, 4.69) is 60.7 Å². The zero-order valence-electron chi connectivity index (χ0n) is 23.5. The van der Waals surface area contributed by atoms with Gasteiger partial charge in [0.2, 0.25) is 11.8 Å². The molecule has 4 heterocycles. The second kappa shape index (κ2) is 10.7. The van der Waals surface area contributed by atoms with Gasteiger partial charge in [-0.2, -0.15) is 15.2 Å². The van der Waals surface area contributed by atoms with E-state index in [4.69, 9.17) is 19.4 Å². The maximum Gasteiger partial charge on any atom is 0.321 e. The van der Waals surface area contributed by atoms with Gasteiger partial charge in [-0.05, 0) is 68.8 Å². The summed E-state index contributed by atoms with van der Waals surface area (Å²) in [4.78, 5) is 28.5. The summed E-state index contributed by atoms with van der Waals surface area (Å²) in [6.45, 7) is 9.11. The number of likely N-dealkylation sites (N-methyl/N-ethyl adjacent to an activating group) is 1. The summed E-state index contributed by atoms with van der Waals surface area (Å²) in [5.41, 5.74) is 3.18. The summed E-state index contributed by atoms with van der Waals surface area (Å²) < 4.78 is 13.1. The third-order valence-corrected chi connectivity index (χ3v) is 9.26. The molecule has 40 heavy (non-hydrogen) atoms. The summed E-state index contributed by atoms with van der Waals surface area (Å²) >= 11 is 0. The lowest BCUT2D eigenvalue weighted by Crippen LogP contribution is -2.55. The number of piperazine rings is 1. The number of rotatable bonds is 6. The number of aromatic nitrogens is 2. The van der Waals surface area contributed by atoms with Crippen LogP contribution < -0.4 is 14.4 Å². The number of anilines is 1. The quantitative estimate of drug-likeness (QED) is 0.509. The Morgan fingerprint density at radius 2 is 2.12 bits per heavy atom. The van der Waals surface area contributed by atoms with E-state index in [-0.39, 0.29) is 18.4 Å². The number of fused-ring (bicyclic) bond motifs is 3. The lowest BCUT2D eigenvalue weighted by Gasteiger charge is -2.42. The Kier molecular flexibility index (Phi) is 7.13. The fourth-order valence-corrected chi connectivity index (χ4v) is 7.11. The van der Waals surface area contributed by atoms with Gasteiger partial charge < -0.3 is 24.2 Å². The molecule has 0 radical (unpaired) electrons. The smallest absolute Gasteiger partial charge is 0.321 e. The van der Waals surface area contributed by atoms with E-state index in [1.54, 1.807) is 4.90 Å². The van der Waals surface area contributed by atoms with Crippen LogP contribution in [-0.2, 0) is 16.8 Å². The highest BCUT2D eigenvalue weighted by atomic mass is 16.5. The van der Waals surface area contributed by atoms with Crippen LogP contribution in [0.5, 0.6) is 11.9 Å². The normalized spacial score (nSPS) is 27.6. The molecule has 4 aliphatic rings. The Morgan fingerprint density at radius 1 is 1.27 bits per heavy atom. The fourth-order valence-electron chi connectivity index (χ4n) is 7.11. The van der Waals surface area contributed by atoms with E-state index in [1.165, 1.54) is 17.2 Å². The zero-order valence-corrected chi connectivity index (χ0v) is 23.5. The number of nitriles is 1. The Balaban J connectivity index is 1.34. The van der Waals surface area contributed by atoms with E-state index in [1.807, 2.05) is 0 Å². The molecule has 1 aliphatic carbocycles. The van der Waals surface area contributed by atoms with Gasteiger partial charge >= 0.3 is 6.01 Å². The lowest BCUT2D eigenvalue weighted by molar-refractivity contribution is -0.128. The Hall–Kier alpha value is -3.64. The summed E-state index contributed by atoms with van der Waals surface area (Å²) in [6.07, 6.45) is 6.38. The number of amides is 1. The van der Waals surface area contributed by atoms with Crippen LogP contribution in [0, 0.1) is 11.3 Å². The second-order valence-corrected chi connectivity index (χ2v) is 11.7. The van der Waals surface area contributed by atoms with Crippen LogP contribution in [-0.4, -0.2) is 77.6 Å². The third-order valence-electron chi connectivity index (χ3n) is 9.26. The van der Waals surface area contributed by atoms with Crippen molar-refractivity contribution >= 4 is 11.7 Å². The molecule has 9 nitrogen and oxygen atoms in total. The molecule has 3 aliphatic heterocycles. The number of likely N-dealkylation sites (tertiary alicyclic amines) is 1. The Labute approximate surface area is 236 Å². The summed E-state index contributed by atoms with van der Waals surface area (Å²) in [5, 5.41) is 9.50. The number of carbonyl (C=O) groups excluding carboxylic acids is 1. The topological polar surface area (TPSA) is 94.8 Å². The molecular weight excluding hydrogens is 504 g/mol. The number of carbonyl (C=O) groups is 1. The van der Waals surface area contributed by atoms with Crippen molar-refractivity contribution in [2.24, 2.45) is 0 Å². The molecule has 0 unspecified atom stereocenters. The molecule has 0 saturated carbocycles. The van der Waals surface area contributed by atoms with Crippen LogP contribution in [0.1, 0.15) is 61.6 Å². The van der Waals surface area contributed by atoms with Crippen LogP contribution in [0.25, 0.3) is 0 Å². The molecule has 2 aromatic rings. The molecule has 1 aromatic heterocycles. The summed E-state index contributed by atoms with van der Waals surface area (Å²) in [7, 11) is 2.13. The minimum Gasteiger partial charge on any atom is -0.466 e. The molecule has 6 rings (SSSR count). The molecule has 1 aromatic carbocycles. The largest absolute Gasteiger partial charge is 0.466 e. The van der Waals surface area contributed by atoms with Crippen molar-refractivity contribution in [3.63, 3.8) is 0 Å². The SMILES string of the molecule is C=CC(=O)N1CCN(c2nc(OC[C@@H]3CCCN3C)nc3c2CC[C@@]2(C[C@H](C)c4ccccc42)O3)C[C@@H]1CC#N. The molecule has 1 amide bonds. The number of hydrogen-bond acceptors (Lipinski definition) is 8. The molecular formula is C31H38N6O3. The molecule has 0 bridgehead atoms. The number of benzene rings is 1. The van der Waals surface area contributed by atoms with Crippen LogP contribution in [0.3, 0.4) is 0 Å². The Morgan fingerprint density at radius 3 is 2.90 bits per heavy atom. The Bertz CT molecular complexity index is 1340. The van der Waals surface area contributed by atoms with Crippen LogP contribution in [0.15, 0.2) is 36.9 Å². The highest BCUT2D eigenvalue weighted by Crippen LogP contribution is 2.52. The van der Waals surface area contributed by atoms with Crippen molar-refractivity contribution in [1.82, 2.24) is 19.8 Å². The predicted octanol–water partition coefficient (Wildman–Crippen LogP) is 3.79. The van der Waals surface area contributed by atoms with Crippen LogP contribution in [0.2, 0.25) is 0 Å². The molecule has 9 heteroatoms. The van der Waals surface area contributed by atoms with E-state index in [9.17, 15) is 10.1 Å². The van der Waals surface area contributed by atoms with Crippen LogP contribution >= 0.6 is 0 Å². The van der Waals surface area contributed by atoms with Gasteiger partial charge in [0.1, 0.15) is 18.0 Å². The third kappa shape index (κ3) is 4.68. The first-order valence-corrected chi connectivity index (χ1v) is 14.5. The molecule has 4 atom stereocenters. The number of ether oxygens (including phenoxy) is 2. The maximum atomic E-state index is 12.5. The first kappa shape index (κ1) is 26.6. The van der Waals surface area contributed by atoms with Crippen molar-refractivity contribution in [3.05, 3.63) is 53.6 Å². The highest BCUT2D eigenvalue weighted by Gasteiger charge is 2.48. The standard InChI is InChI=1S/C31H38N6O3/c1-4-27(38)37-17-16-36(19-22(37)12-14-32)28-25-11-13-31(18-21(2)24-9-5-6-10-26(24)31)40-29(25)34-30(33-28)39-20-23-8-7-15-35(23)3/h4-6,9-10,21-23H,1,7-8,11-13,15-20H2,2-3H3/t21-,22-,23-,31-/m0/s1. The van der Waals surface area contributed by atoms with Crippen molar-refractivity contribution in [3.8, 4) is 18.0 Å². The monoisotopic (exact) mass is 542 g/mol. The average Bonchev–Trinajstić information content (AvgIpc) is 3.50. The fraction of sp³-hybridized carbons (Fsp3) is 0.548. The first-order chi connectivity index (χ1) is 19.4. The maximum absolute atomic E-state index is 12.5. The van der Waals surface area contributed by atoms with Gasteiger partial charge in [0.05, 0.1) is 24.1 Å². The van der Waals surface area contributed by atoms with Gasteiger partial charge in [0.25, 0.3) is 0 Å². The van der Waals surface area contributed by atoms with Crippen molar-refractivity contribution in [1.29, 1.82) is 5.26 Å². The van der Waals surface area contributed by atoms with Gasteiger partial charge in [0.15, 0.2) is 0 Å². The summed E-state index contributed by atoms with van der Waals surface area (Å²) in [5.74, 6) is 1.66. The minimum atomic E-state index is -0.407. The van der Waals surface area contributed by atoms with Crippen LogP contribution in [0.4, 0.5) is 5.82 Å². The van der Waals surface area contributed by atoms with E-state index < -0.39 is 5.60 Å². The minimum absolute atomic E-state index is 0.145. The summed E-state index contributed by atoms with van der Waals surface area (Å²) in [6, 6.07) is 11.3. The second-order valence-electron chi connectivity index (χ2n) is 11.7. The lowest BCUT2D eigenvalue weighted by atomic mass is 9.86. The molecule has 2 saturated heterocycles. The van der Waals surface area contributed by atoms with Gasteiger partial charge in [-0.3, -0.25) is 4.79 Å². The van der Waals surface area contributed by atoms with Gasteiger partial charge in [-0.15, -0.1) is 0 Å². The first-order valence-electron chi connectivity index (χ1n) is 14.5. The molecule has 2 fully saturated rings. The van der Waals surface area contributed by atoms with E-state index in [0.717, 1.165) is 50.0 Å². The number of nitrogens with zero attached hydrogens (tertiary/aromatic N) is 6. The molecule has 0 N–H and O–H groups in total. The highest BCUT2D eigenvalue weighted by molar-refractivity contribution is 5.87. The van der Waals surface area contributed by atoms with E-state index in [0.29, 0.717) is 50.1 Å². The van der Waals surface area contributed by atoms with Gasteiger partial charge in [-0.1, -0.05) is 37.8 Å². The van der Waals surface area contributed by atoms with Gasteiger partial charge in [-0.25, -0.2) is 0 Å². The molecule has 210 valence electrons. The average molecular weight is 543 g/mol. The van der Waals surface area contributed by atoms with Crippen molar-refractivity contribution in [2.45, 2.75) is 69.1 Å². The van der Waals surface area contributed by atoms with Crippen molar-refractivity contribution in [2.75, 3.05) is 44.7 Å².